The number of fused-ring (bicyclic) bond motifs is 1. The summed E-state index contributed by atoms with van der Waals surface area (Å²) in [5, 5.41) is 0.592. The first-order valence-corrected chi connectivity index (χ1v) is 10.6. The third-order valence-electron chi connectivity index (χ3n) is 5.09. The van der Waals surface area contributed by atoms with E-state index >= 15 is 0 Å². The van der Waals surface area contributed by atoms with Crippen LogP contribution in [0, 0.1) is 12.2 Å². The molecule has 1 aliphatic heterocycles. The molecule has 4 atom stereocenters. The fourth-order valence-electron chi connectivity index (χ4n) is 3.84. The number of rotatable bonds is 7. The van der Waals surface area contributed by atoms with E-state index in [1.165, 1.54) is 31.9 Å². The van der Waals surface area contributed by atoms with Gasteiger partial charge in [0.15, 0.2) is 35.7 Å². The molecule has 1 aromatic carbocycles. The van der Waals surface area contributed by atoms with Crippen molar-refractivity contribution in [2.45, 2.75) is 38.4 Å². The van der Waals surface area contributed by atoms with Crippen LogP contribution in [0.2, 0.25) is 5.02 Å². The minimum Gasteiger partial charge on any atom is -0.456 e. The normalized spacial score (nSPS) is 22.0. The van der Waals surface area contributed by atoms with E-state index in [1.54, 1.807) is 30.7 Å². The van der Waals surface area contributed by atoms with E-state index in [9.17, 15) is 14.0 Å². The molecule has 1 aliphatic rings. The molecule has 179 valence electrons. The molecule has 1 N–H and O–H groups in total. The van der Waals surface area contributed by atoms with E-state index in [2.05, 4.69) is 15.4 Å². The topological polar surface area (TPSA) is 114 Å². The second-order valence-electron chi connectivity index (χ2n) is 7.47. The maximum absolute atomic E-state index is 15.0. The smallest absolute Gasteiger partial charge is 0.303 e. The highest BCUT2D eigenvalue weighted by Crippen LogP contribution is 2.39. The van der Waals surface area contributed by atoms with Gasteiger partial charge in [-0.3, -0.25) is 19.0 Å². The maximum Gasteiger partial charge on any atom is 0.303 e. The van der Waals surface area contributed by atoms with Crippen LogP contribution in [-0.4, -0.2) is 51.9 Å². The van der Waals surface area contributed by atoms with Gasteiger partial charge in [0.1, 0.15) is 12.4 Å². The van der Waals surface area contributed by atoms with Crippen molar-refractivity contribution < 1.29 is 33.0 Å². The number of hydrogen-bond donors (Lipinski definition) is 1. The quantitative estimate of drug-likeness (QED) is 0.393. The minimum atomic E-state index is -1.10. The Balaban J connectivity index is 1.77. The SMILES string of the molecule is CONc1ncnc2c1c(F)cn2[C@@H]1O[C@H]([CH]c2ccc(Cl)cc2)[C@@H](OC(C)=O)[C@H]1OC(C)=O. The Kier molecular flexibility index (Phi) is 6.96. The van der Waals surface area contributed by atoms with Gasteiger partial charge in [-0.1, -0.05) is 23.7 Å². The molecule has 0 amide bonds. The lowest BCUT2D eigenvalue weighted by molar-refractivity contribution is -0.165. The van der Waals surface area contributed by atoms with Crippen molar-refractivity contribution in [2.24, 2.45) is 0 Å². The van der Waals surface area contributed by atoms with E-state index in [0.29, 0.717) is 5.02 Å². The molecule has 34 heavy (non-hydrogen) atoms. The van der Waals surface area contributed by atoms with Gasteiger partial charge in [0, 0.05) is 31.5 Å². The Labute approximate surface area is 198 Å². The molecule has 1 radical (unpaired) electrons. The summed E-state index contributed by atoms with van der Waals surface area (Å²) < 4.78 is 33.5. The van der Waals surface area contributed by atoms with Crippen LogP contribution in [0.1, 0.15) is 25.6 Å². The molecule has 1 fully saturated rings. The van der Waals surface area contributed by atoms with E-state index in [-0.39, 0.29) is 16.9 Å². The Bertz CT molecular complexity index is 1200. The van der Waals surface area contributed by atoms with Gasteiger partial charge in [-0.25, -0.2) is 19.8 Å². The van der Waals surface area contributed by atoms with E-state index in [1.807, 2.05) is 0 Å². The number of esters is 2. The predicted molar refractivity (Wildman–Crippen MR) is 118 cm³/mol. The van der Waals surface area contributed by atoms with Gasteiger partial charge >= 0.3 is 11.9 Å². The lowest BCUT2D eigenvalue weighted by Crippen LogP contribution is -2.39. The molecule has 2 aromatic heterocycles. The molecular formula is C22H21ClFN4O6. The molecule has 3 aromatic rings. The lowest BCUT2D eigenvalue weighted by atomic mass is 10.0. The van der Waals surface area contributed by atoms with Crippen molar-refractivity contribution in [2.75, 3.05) is 12.6 Å². The van der Waals surface area contributed by atoms with Crippen LogP contribution in [0.25, 0.3) is 11.0 Å². The summed E-state index contributed by atoms with van der Waals surface area (Å²) in [6.45, 7) is 2.45. The standard InChI is InChI=1S/C22H21ClFN4O6/c1-11(29)32-18-16(8-13-4-6-14(23)7-5-13)34-22(19(18)33-12(2)30)28-9-15(24)17-20(27-31-3)25-10-26-21(17)28/h4-10,16,18-19,22H,1-3H3,(H,25,26,27)/t16-,18-,19-,22-/m1/s1. The molecule has 0 aliphatic carbocycles. The summed E-state index contributed by atoms with van der Waals surface area (Å²) in [5.74, 6) is -1.78. The average molecular weight is 492 g/mol. The summed E-state index contributed by atoms with van der Waals surface area (Å²) >= 11 is 5.97. The third kappa shape index (κ3) is 4.81. The zero-order valence-corrected chi connectivity index (χ0v) is 19.2. The highest BCUT2D eigenvalue weighted by molar-refractivity contribution is 6.30. The molecule has 12 heteroatoms. The molecule has 1 saturated heterocycles. The largest absolute Gasteiger partial charge is 0.456 e. The van der Waals surface area contributed by atoms with Gasteiger partial charge in [0.05, 0.1) is 12.5 Å². The maximum atomic E-state index is 15.0. The molecule has 0 bridgehead atoms. The average Bonchev–Trinajstić information content (AvgIpc) is 3.28. The van der Waals surface area contributed by atoms with Gasteiger partial charge in [0.25, 0.3) is 0 Å². The number of carbonyl (C=O) groups excluding carboxylic acids is 2. The first-order chi connectivity index (χ1) is 16.3. The van der Waals surface area contributed by atoms with E-state index in [4.69, 9.17) is 30.6 Å². The number of nitrogens with zero attached hydrogens (tertiary/aromatic N) is 3. The third-order valence-corrected chi connectivity index (χ3v) is 5.34. The number of hydrogen-bond acceptors (Lipinski definition) is 9. The van der Waals surface area contributed by atoms with Crippen molar-refractivity contribution in [3.63, 3.8) is 0 Å². The van der Waals surface area contributed by atoms with Crippen LogP contribution in [-0.2, 0) is 28.6 Å². The monoisotopic (exact) mass is 491 g/mol. The molecule has 0 saturated carbocycles. The van der Waals surface area contributed by atoms with Gasteiger partial charge in [-0.2, -0.15) is 0 Å². The Morgan fingerprint density at radius 2 is 1.82 bits per heavy atom. The number of nitrogens with one attached hydrogen (secondary N) is 1. The zero-order valence-electron chi connectivity index (χ0n) is 18.4. The van der Waals surface area contributed by atoms with Crippen molar-refractivity contribution in [1.29, 1.82) is 0 Å². The molecular weight excluding hydrogens is 471 g/mol. The summed E-state index contributed by atoms with van der Waals surface area (Å²) in [5.41, 5.74) is 3.39. The van der Waals surface area contributed by atoms with Crippen molar-refractivity contribution in [1.82, 2.24) is 14.5 Å². The van der Waals surface area contributed by atoms with Crippen LogP contribution < -0.4 is 5.48 Å². The molecule has 0 unspecified atom stereocenters. The number of benzene rings is 1. The van der Waals surface area contributed by atoms with Crippen molar-refractivity contribution in [3.05, 3.63) is 59.6 Å². The van der Waals surface area contributed by atoms with Gasteiger partial charge in [-0.15, -0.1) is 0 Å². The second-order valence-corrected chi connectivity index (χ2v) is 7.91. The summed E-state index contributed by atoms with van der Waals surface area (Å²) in [6, 6.07) is 6.90. The fourth-order valence-corrected chi connectivity index (χ4v) is 3.96. The second kappa shape index (κ2) is 9.92. The molecule has 10 nitrogen and oxygen atoms in total. The first kappa shape index (κ1) is 23.9. The van der Waals surface area contributed by atoms with Gasteiger partial charge in [0.2, 0.25) is 0 Å². The van der Waals surface area contributed by atoms with Crippen molar-refractivity contribution >= 4 is 40.4 Å². The van der Waals surface area contributed by atoms with Crippen LogP contribution in [0.3, 0.4) is 0 Å². The van der Waals surface area contributed by atoms with Crippen LogP contribution >= 0.6 is 11.6 Å². The van der Waals surface area contributed by atoms with Crippen LogP contribution in [0.4, 0.5) is 10.2 Å². The molecule has 0 spiro atoms. The Morgan fingerprint density at radius 1 is 1.15 bits per heavy atom. The molecule has 4 rings (SSSR count). The molecule has 3 heterocycles. The Hall–Kier alpha value is -3.28. The van der Waals surface area contributed by atoms with E-state index in [0.717, 1.165) is 11.8 Å². The summed E-state index contributed by atoms with van der Waals surface area (Å²) in [7, 11) is 1.36. The number of carbonyl (C=O) groups is 2. The fraction of sp³-hybridized carbons (Fsp3) is 0.318. The predicted octanol–water partition coefficient (Wildman–Crippen LogP) is 3.21. The highest BCUT2D eigenvalue weighted by atomic mass is 35.5. The van der Waals surface area contributed by atoms with Gasteiger partial charge < -0.3 is 14.2 Å². The van der Waals surface area contributed by atoms with E-state index < -0.39 is 42.3 Å². The lowest BCUT2D eigenvalue weighted by Gasteiger charge is -2.24. The van der Waals surface area contributed by atoms with Crippen molar-refractivity contribution in [3.8, 4) is 0 Å². The number of anilines is 1. The summed E-state index contributed by atoms with van der Waals surface area (Å²) in [4.78, 5) is 36.8. The van der Waals surface area contributed by atoms with Crippen LogP contribution in [0.5, 0.6) is 0 Å². The van der Waals surface area contributed by atoms with Crippen LogP contribution in [0.15, 0.2) is 36.8 Å². The number of ether oxygens (including phenoxy) is 3. The first-order valence-electron chi connectivity index (χ1n) is 10.2. The Morgan fingerprint density at radius 3 is 2.47 bits per heavy atom. The van der Waals surface area contributed by atoms with Gasteiger partial charge in [-0.05, 0) is 17.7 Å². The number of aromatic nitrogens is 3. The zero-order chi connectivity index (χ0) is 24.4. The summed E-state index contributed by atoms with van der Waals surface area (Å²) in [6.07, 6.45) is 0.0554. The highest BCUT2D eigenvalue weighted by Gasteiger charge is 2.50. The minimum absolute atomic E-state index is 0.0451. The number of halogens is 2.